The minimum atomic E-state index is 1.02. The van der Waals surface area contributed by atoms with Gasteiger partial charge in [0, 0.05) is 13.1 Å². The molecule has 0 fully saturated rings. The monoisotopic (exact) mass is 336 g/mol. The molecule has 0 aromatic heterocycles. The first-order valence-corrected chi connectivity index (χ1v) is 9.25. The van der Waals surface area contributed by atoms with Gasteiger partial charge in [0.1, 0.15) is 0 Å². The van der Waals surface area contributed by atoms with E-state index in [9.17, 15) is 0 Å². The highest BCUT2D eigenvalue weighted by Gasteiger charge is 2.15. The van der Waals surface area contributed by atoms with E-state index >= 15 is 0 Å². The molecular formula is C22H44N2. The molecule has 2 rings (SSSR count). The quantitative estimate of drug-likeness (QED) is 0.583. The van der Waals surface area contributed by atoms with Crippen LogP contribution in [-0.4, -0.2) is 7.05 Å². The first kappa shape index (κ1) is 30.5. The summed E-state index contributed by atoms with van der Waals surface area (Å²) in [6.07, 6.45) is 3.71. The molecule has 1 aromatic rings. The SMILES string of the molecule is C=CC.C=Cc1c(C)cc2c(c1C)CNC2.CC.CC.CC.CN. The lowest BCUT2D eigenvalue weighted by molar-refractivity contribution is 0.763. The van der Waals surface area contributed by atoms with Gasteiger partial charge in [-0.25, -0.2) is 0 Å². The van der Waals surface area contributed by atoms with Crippen molar-refractivity contribution in [2.24, 2.45) is 5.73 Å². The molecule has 24 heavy (non-hydrogen) atoms. The highest BCUT2D eigenvalue weighted by molar-refractivity contribution is 5.60. The van der Waals surface area contributed by atoms with Crippen molar-refractivity contribution in [1.29, 1.82) is 0 Å². The third kappa shape index (κ3) is 11.2. The van der Waals surface area contributed by atoms with Gasteiger partial charge in [0.25, 0.3) is 0 Å². The Bertz CT molecular complexity index is 407. The van der Waals surface area contributed by atoms with Crippen molar-refractivity contribution in [3.05, 3.63) is 53.1 Å². The van der Waals surface area contributed by atoms with Gasteiger partial charge in [0.05, 0.1) is 0 Å². The fraction of sp³-hybridized carbons (Fsp3) is 0.545. The number of rotatable bonds is 1. The van der Waals surface area contributed by atoms with E-state index in [2.05, 4.69) is 44.1 Å². The topological polar surface area (TPSA) is 38.0 Å². The predicted octanol–water partition coefficient (Wildman–Crippen LogP) is 6.40. The number of nitrogens with two attached hydrogens (primary N) is 1. The van der Waals surface area contributed by atoms with E-state index in [0.717, 1.165) is 13.1 Å². The second-order valence-electron chi connectivity index (χ2n) is 4.09. The molecule has 0 saturated heterocycles. The van der Waals surface area contributed by atoms with Gasteiger partial charge in [-0.1, -0.05) is 66.3 Å². The van der Waals surface area contributed by atoms with Crippen LogP contribution in [0.25, 0.3) is 6.08 Å². The van der Waals surface area contributed by atoms with Crippen LogP contribution in [0.3, 0.4) is 0 Å². The van der Waals surface area contributed by atoms with Gasteiger partial charge in [0.2, 0.25) is 0 Å². The third-order valence-corrected chi connectivity index (χ3v) is 2.88. The lowest BCUT2D eigenvalue weighted by Gasteiger charge is -2.10. The molecule has 142 valence electrons. The van der Waals surface area contributed by atoms with Gasteiger partial charge in [0.15, 0.2) is 0 Å². The van der Waals surface area contributed by atoms with Gasteiger partial charge in [-0.2, -0.15) is 0 Å². The molecule has 0 atom stereocenters. The van der Waals surface area contributed by atoms with Gasteiger partial charge < -0.3 is 11.1 Å². The molecule has 0 aliphatic carbocycles. The number of allylic oxidation sites excluding steroid dienone is 1. The first-order chi connectivity index (χ1) is 11.7. The molecule has 3 N–H and O–H groups in total. The summed E-state index contributed by atoms with van der Waals surface area (Å²) in [5, 5.41) is 3.37. The van der Waals surface area contributed by atoms with Crippen molar-refractivity contribution in [3.63, 3.8) is 0 Å². The van der Waals surface area contributed by atoms with Crippen LogP contribution in [0.1, 0.15) is 76.3 Å². The largest absolute Gasteiger partial charge is 0.333 e. The van der Waals surface area contributed by atoms with Crippen LogP contribution < -0.4 is 11.1 Å². The average Bonchev–Trinajstić information content (AvgIpc) is 3.11. The number of nitrogens with one attached hydrogen (secondary N) is 1. The summed E-state index contributed by atoms with van der Waals surface area (Å²) in [4.78, 5) is 0. The van der Waals surface area contributed by atoms with Crippen molar-refractivity contribution >= 4 is 6.08 Å². The third-order valence-electron chi connectivity index (χ3n) is 2.88. The molecule has 0 bridgehead atoms. The first-order valence-electron chi connectivity index (χ1n) is 9.25. The van der Waals surface area contributed by atoms with Crippen LogP contribution in [0.5, 0.6) is 0 Å². The maximum absolute atomic E-state index is 4.50. The molecule has 2 heteroatoms. The smallest absolute Gasteiger partial charge is 0.0214 e. The second kappa shape index (κ2) is 23.9. The summed E-state index contributed by atoms with van der Waals surface area (Å²) in [6.45, 7) is 27.5. The fourth-order valence-corrected chi connectivity index (χ4v) is 2.17. The summed E-state index contributed by atoms with van der Waals surface area (Å²) in [5.74, 6) is 0. The summed E-state index contributed by atoms with van der Waals surface area (Å²) in [7, 11) is 1.50. The van der Waals surface area contributed by atoms with Crippen LogP contribution in [0.4, 0.5) is 0 Å². The zero-order valence-corrected chi connectivity index (χ0v) is 18.1. The number of hydrogen-bond donors (Lipinski definition) is 2. The minimum absolute atomic E-state index is 1.02. The van der Waals surface area contributed by atoms with Crippen molar-refractivity contribution in [2.45, 2.75) is 75.4 Å². The zero-order chi connectivity index (χ0) is 20.1. The molecule has 2 nitrogen and oxygen atoms in total. The average molecular weight is 337 g/mol. The van der Waals surface area contributed by atoms with Crippen molar-refractivity contribution in [1.82, 2.24) is 5.32 Å². The van der Waals surface area contributed by atoms with Gasteiger partial charge in [-0.15, -0.1) is 6.58 Å². The number of fused-ring (bicyclic) bond motifs is 1. The minimum Gasteiger partial charge on any atom is -0.333 e. The van der Waals surface area contributed by atoms with E-state index < -0.39 is 0 Å². The predicted molar refractivity (Wildman–Crippen MR) is 117 cm³/mol. The molecule has 1 heterocycles. The van der Waals surface area contributed by atoms with Crippen LogP contribution in [0.2, 0.25) is 0 Å². The molecular weight excluding hydrogens is 292 g/mol. The molecule has 1 aliphatic rings. The lowest BCUT2D eigenvalue weighted by Crippen LogP contribution is -2.00. The Labute approximate surface area is 153 Å². The molecule has 0 radical (unpaired) electrons. The summed E-state index contributed by atoms with van der Waals surface area (Å²) >= 11 is 0. The normalized spacial score (nSPS) is 9.29. The van der Waals surface area contributed by atoms with Crippen LogP contribution in [-0.2, 0) is 13.1 Å². The van der Waals surface area contributed by atoms with Crippen LogP contribution in [0.15, 0.2) is 25.3 Å². The van der Waals surface area contributed by atoms with Crippen molar-refractivity contribution in [3.8, 4) is 0 Å². The number of hydrogen-bond acceptors (Lipinski definition) is 2. The molecule has 0 amide bonds. The number of benzene rings is 1. The Hall–Kier alpha value is -1.38. The molecule has 0 spiro atoms. The van der Waals surface area contributed by atoms with E-state index in [1.807, 2.05) is 54.5 Å². The molecule has 0 saturated carbocycles. The summed E-state index contributed by atoms with van der Waals surface area (Å²) in [6, 6.07) is 2.28. The van der Waals surface area contributed by atoms with Crippen molar-refractivity contribution in [2.75, 3.05) is 7.05 Å². The molecule has 0 unspecified atom stereocenters. The Morgan fingerprint density at radius 1 is 0.958 bits per heavy atom. The van der Waals surface area contributed by atoms with E-state index in [1.54, 1.807) is 6.08 Å². The maximum Gasteiger partial charge on any atom is 0.0214 e. The standard InChI is InChI=1S/C12H15N.C3H6.3C2H6.CH5N/c1-4-11-8(2)5-10-6-13-7-12(10)9(11)3;1-3-2;4*1-2/h4-5,13H,1,6-7H2,2-3H3;3H,1H2,2H3;3*1-2H3;2H2,1H3. The van der Waals surface area contributed by atoms with Crippen LogP contribution in [0, 0.1) is 13.8 Å². The molecule has 1 aromatic carbocycles. The number of aryl methyl sites for hydroxylation is 1. The summed E-state index contributed by atoms with van der Waals surface area (Å²) < 4.78 is 0. The Kier molecular flexibility index (Phi) is 30.3. The fourth-order valence-electron chi connectivity index (χ4n) is 2.17. The second-order valence-corrected chi connectivity index (χ2v) is 4.09. The highest BCUT2D eigenvalue weighted by Crippen LogP contribution is 2.26. The Morgan fingerprint density at radius 3 is 1.75 bits per heavy atom. The van der Waals surface area contributed by atoms with Gasteiger partial charge >= 0.3 is 0 Å². The summed E-state index contributed by atoms with van der Waals surface area (Å²) in [5.41, 5.74) is 11.5. The van der Waals surface area contributed by atoms with Crippen molar-refractivity contribution < 1.29 is 0 Å². The van der Waals surface area contributed by atoms with E-state index in [0.29, 0.717) is 0 Å². The maximum atomic E-state index is 4.50. The van der Waals surface area contributed by atoms with Gasteiger partial charge in [-0.3, -0.25) is 0 Å². The van der Waals surface area contributed by atoms with E-state index in [1.165, 1.54) is 34.9 Å². The molecule has 1 aliphatic heterocycles. The van der Waals surface area contributed by atoms with E-state index in [4.69, 9.17) is 0 Å². The Balaban J connectivity index is -0.000000155. The van der Waals surface area contributed by atoms with E-state index in [-0.39, 0.29) is 0 Å². The van der Waals surface area contributed by atoms with Gasteiger partial charge in [-0.05, 0) is 55.6 Å². The zero-order valence-electron chi connectivity index (χ0n) is 18.1. The van der Waals surface area contributed by atoms with Crippen LogP contribution >= 0.6 is 0 Å². The highest BCUT2D eigenvalue weighted by atomic mass is 14.9. The lowest BCUT2D eigenvalue weighted by atomic mass is 9.94. The Morgan fingerprint density at radius 2 is 1.38 bits per heavy atom.